The first-order chi connectivity index (χ1) is 14.1. The van der Waals surface area contributed by atoms with Gasteiger partial charge in [0.05, 0.1) is 6.61 Å². The standard InChI is InChI=1S/C25H24O4/c1-3-28-22-16-14-21(15-17-22)24(26)18(2)29-25(27)23(19-10-6-4-7-11-19)20-12-8-5-9-13-20/h4-18,23H,3H2,1-2H3/t18-/m0/s1. The van der Waals surface area contributed by atoms with Crippen molar-refractivity contribution in [3.8, 4) is 5.75 Å². The first kappa shape index (κ1) is 20.3. The zero-order valence-corrected chi connectivity index (χ0v) is 16.6. The van der Waals surface area contributed by atoms with Crippen molar-refractivity contribution >= 4 is 11.8 Å². The molecule has 0 aliphatic carbocycles. The molecule has 0 saturated carbocycles. The third-order valence-electron chi connectivity index (χ3n) is 4.61. The van der Waals surface area contributed by atoms with Crippen LogP contribution in [0.5, 0.6) is 5.75 Å². The van der Waals surface area contributed by atoms with E-state index in [0.29, 0.717) is 17.9 Å². The molecule has 0 saturated heterocycles. The van der Waals surface area contributed by atoms with Crippen LogP contribution in [-0.4, -0.2) is 24.5 Å². The van der Waals surface area contributed by atoms with Gasteiger partial charge in [0.15, 0.2) is 6.10 Å². The van der Waals surface area contributed by atoms with Crippen LogP contribution in [0.4, 0.5) is 0 Å². The van der Waals surface area contributed by atoms with Crippen molar-refractivity contribution in [1.29, 1.82) is 0 Å². The zero-order chi connectivity index (χ0) is 20.6. The van der Waals surface area contributed by atoms with Crippen LogP contribution in [0.2, 0.25) is 0 Å². The highest BCUT2D eigenvalue weighted by Gasteiger charge is 2.28. The average molecular weight is 388 g/mol. The van der Waals surface area contributed by atoms with Gasteiger partial charge in [0.1, 0.15) is 11.7 Å². The normalized spacial score (nSPS) is 11.7. The number of carbonyl (C=O) groups is 2. The van der Waals surface area contributed by atoms with Crippen LogP contribution < -0.4 is 4.74 Å². The topological polar surface area (TPSA) is 52.6 Å². The predicted octanol–water partition coefficient (Wildman–Crippen LogP) is 5.03. The molecule has 0 amide bonds. The molecule has 148 valence electrons. The first-order valence-corrected chi connectivity index (χ1v) is 9.67. The van der Waals surface area contributed by atoms with E-state index in [1.165, 1.54) is 0 Å². The van der Waals surface area contributed by atoms with Gasteiger partial charge in [-0.15, -0.1) is 0 Å². The second-order valence-electron chi connectivity index (χ2n) is 6.66. The Kier molecular flexibility index (Phi) is 6.80. The first-order valence-electron chi connectivity index (χ1n) is 9.67. The third-order valence-corrected chi connectivity index (χ3v) is 4.61. The SMILES string of the molecule is CCOc1ccc(C(=O)[C@H](C)OC(=O)C(c2ccccc2)c2ccccc2)cc1. The van der Waals surface area contributed by atoms with E-state index in [4.69, 9.17) is 9.47 Å². The van der Waals surface area contributed by atoms with E-state index in [1.807, 2.05) is 67.6 Å². The van der Waals surface area contributed by atoms with E-state index in [0.717, 1.165) is 11.1 Å². The Labute approximate surface area is 171 Å². The Morgan fingerprint density at radius 3 is 1.79 bits per heavy atom. The van der Waals surface area contributed by atoms with Crippen LogP contribution in [0.1, 0.15) is 41.3 Å². The maximum absolute atomic E-state index is 13.0. The van der Waals surface area contributed by atoms with Crippen molar-refractivity contribution < 1.29 is 19.1 Å². The number of rotatable bonds is 8. The van der Waals surface area contributed by atoms with Gasteiger partial charge >= 0.3 is 5.97 Å². The lowest BCUT2D eigenvalue weighted by molar-refractivity contribution is -0.147. The molecule has 3 aromatic rings. The number of benzene rings is 3. The monoisotopic (exact) mass is 388 g/mol. The minimum Gasteiger partial charge on any atom is -0.494 e. The van der Waals surface area contributed by atoms with Crippen molar-refractivity contribution in [2.45, 2.75) is 25.9 Å². The molecule has 0 aliphatic heterocycles. The molecule has 29 heavy (non-hydrogen) atoms. The molecule has 3 rings (SSSR count). The summed E-state index contributed by atoms with van der Waals surface area (Å²) in [7, 11) is 0. The van der Waals surface area contributed by atoms with E-state index in [1.54, 1.807) is 31.2 Å². The lowest BCUT2D eigenvalue weighted by atomic mass is 9.91. The van der Waals surface area contributed by atoms with Crippen molar-refractivity contribution in [1.82, 2.24) is 0 Å². The van der Waals surface area contributed by atoms with Gasteiger partial charge < -0.3 is 9.47 Å². The summed E-state index contributed by atoms with van der Waals surface area (Å²) in [5.41, 5.74) is 2.12. The van der Waals surface area contributed by atoms with Crippen LogP contribution in [-0.2, 0) is 9.53 Å². The molecule has 4 nitrogen and oxygen atoms in total. The maximum Gasteiger partial charge on any atom is 0.318 e. The van der Waals surface area contributed by atoms with Crippen LogP contribution in [0.3, 0.4) is 0 Å². The molecule has 0 heterocycles. The second kappa shape index (κ2) is 9.69. The number of ether oxygens (including phenoxy) is 2. The summed E-state index contributed by atoms with van der Waals surface area (Å²) in [4.78, 5) is 25.8. The van der Waals surface area contributed by atoms with Crippen LogP contribution in [0, 0.1) is 0 Å². The summed E-state index contributed by atoms with van der Waals surface area (Å²) in [5.74, 6) is -0.592. The number of hydrogen-bond acceptors (Lipinski definition) is 4. The Morgan fingerprint density at radius 2 is 1.31 bits per heavy atom. The zero-order valence-electron chi connectivity index (χ0n) is 16.6. The van der Waals surface area contributed by atoms with Gasteiger partial charge in [-0.3, -0.25) is 9.59 Å². The van der Waals surface area contributed by atoms with E-state index in [9.17, 15) is 9.59 Å². The van der Waals surface area contributed by atoms with Gasteiger partial charge in [-0.25, -0.2) is 0 Å². The lowest BCUT2D eigenvalue weighted by Gasteiger charge is -2.20. The average Bonchev–Trinajstić information content (AvgIpc) is 2.75. The molecule has 0 spiro atoms. The van der Waals surface area contributed by atoms with Gasteiger partial charge in [-0.2, -0.15) is 0 Å². The molecular weight excluding hydrogens is 364 g/mol. The summed E-state index contributed by atoms with van der Waals surface area (Å²) in [6.45, 7) is 4.06. The van der Waals surface area contributed by atoms with Gasteiger partial charge in [-0.05, 0) is 49.2 Å². The van der Waals surface area contributed by atoms with E-state index in [2.05, 4.69) is 0 Å². The number of esters is 1. The molecule has 1 atom stereocenters. The molecule has 0 N–H and O–H groups in total. The Balaban J connectivity index is 1.77. The molecule has 0 aromatic heterocycles. The van der Waals surface area contributed by atoms with Crippen molar-refractivity contribution in [3.05, 3.63) is 102 Å². The molecule has 0 unspecified atom stereocenters. The second-order valence-corrected chi connectivity index (χ2v) is 6.66. The minimum absolute atomic E-state index is 0.249. The summed E-state index contributed by atoms with van der Waals surface area (Å²) < 4.78 is 11.0. The van der Waals surface area contributed by atoms with Crippen LogP contribution in [0.25, 0.3) is 0 Å². The fraction of sp³-hybridized carbons (Fsp3) is 0.200. The van der Waals surface area contributed by atoms with E-state index in [-0.39, 0.29) is 5.78 Å². The van der Waals surface area contributed by atoms with Gasteiger partial charge in [0.2, 0.25) is 5.78 Å². The van der Waals surface area contributed by atoms with Crippen LogP contribution in [0.15, 0.2) is 84.9 Å². The maximum atomic E-state index is 13.0. The number of hydrogen-bond donors (Lipinski definition) is 0. The Hall–Kier alpha value is -3.40. The van der Waals surface area contributed by atoms with Crippen LogP contribution >= 0.6 is 0 Å². The fourth-order valence-corrected chi connectivity index (χ4v) is 3.17. The molecule has 0 radical (unpaired) electrons. The van der Waals surface area contributed by atoms with Crippen molar-refractivity contribution in [3.63, 3.8) is 0 Å². The quantitative estimate of drug-likeness (QED) is 0.401. The van der Waals surface area contributed by atoms with Gasteiger partial charge in [-0.1, -0.05) is 60.7 Å². The Bertz CT molecular complexity index is 894. The van der Waals surface area contributed by atoms with Gasteiger partial charge in [0.25, 0.3) is 0 Å². The van der Waals surface area contributed by atoms with E-state index >= 15 is 0 Å². The molecule has 3 aromatic carbocycles. The minimum atomic E-state index is -0.893. The largest absolute Gasteiger partial charge is 0.494 e. The predicted molar refractivity (Wildman–Crippen MR) is 112 cm³/mol. The highest BCUT2D eigenvalue weighted by atomic mass is 16.5. The molecule has 0 fully saturated rings. The highest BCUT2D eigenvalue weighted by molar-refractivity contribution is 6.00. The van der Waals surface area contributed by atoms with Gasteiger partial charge in [0, 0.05) is 5.56 Å². The highest BCUT2D eigenvalue weighted by Crippen LogP contribution is 2.27. The number of ketones is 1. The molecule has 4 heteroatoms. The van der Waals surface area contributed by atoms with Crippen molar-refractivity contribution in [2.75, 3.05) is 6.61 Å². The molecular formula is C25H24O4. The Morgan fingerprint density at radius 1 is 0.793 bits per heavy atom. The third kappa shape index (κ3) is 5.11. The van der Waals surface area contributed by atoms with Crippen molar-refractivity contribution in [2.24, 2.45) is 0 Å². The molecule has 0 bridgehead atoms. The molecule has 0 aliphatic rings. The van der Waals surface area contributed by atoms with E-state index < -0.39 is 18.0 Å². The summed E-state index contributed by atoms with van der Waals surface area (Å²) >= 11 is 0. The summed E-state index contributed by atoms with van der Waals surface area (Å²) in [6, 6.07) is 25.7. The number of Topliss-reactive ketones (excluding diaryl/α,β-unsaturated/α-hetero) is 1. The smallest absolute Gasteiger partial charge is 0.318 e. The number of carbonyl (C=O) groups excluding carboxylic acids is 2. The fourth-order valence-electron chi connectivity index (χ4n) is 3.17. The summed E-state index contributed by atoms with van der Waals surface area (Å²) in [5, 5.41) is 0. The lowest BCUT2D eigenvalue weighted by Crippen LogP contribution is -2.28. The summed E-state index contributed by atoms with van der Waals surface area (Å²) in [6.07, 6.45) is -0.893.